The minimum atomic E-state index is -0.788. The van der Waals surface area contributed by atoms with Crippen molar-refractivity contribution in [3.8, 4) is 0 Å². The van der Waals surface area contributed by atoms with Gasteiger partial charge in [-0.15, -0.1) is 11.3 Å². The van der Waals surface area contributed by atoms with Crippen molar-refractivity contribution in [2.45, 2.75) is 57.7 Å². The van der Waals surface area contributed by atoms with E-state index in [9.17, 15) is 14.4 Å². The molecule has 1 spiro atoms. The van der Waals surface area contributed by atoms with E-state index < -0.39 is 17.6 Å². The molecule has 1 aliphatic heterocycles. The number of hydrogen-bond donors (Lipinski definition) is 1. The van der Waals surface area contributed by atoms with E-state index in [-0.39, 0.29) is 11.8 Å². The van der Waals surface area contributed by atoms with Crippen LogP contribution in [0, 0.1) is 6.92 Å². The smallest absolute Gasteiger partial charge is 0.325 e. The molecule has 2 heterocycles. The largest absolute Gasteiger partial charge is 0.339 e. The van der Waals surface area contributed by atoms with Gasteiger partial charge >= 0.3 is 6.03 Å². The molecule has 1 saturated heterocycles. The van der Waals surface area contributed by atoms with Gasteiger partial charge in [0.15, 0.2) is 0 Å². The summed E-state index contributed by atoms with van der Waals surface area (Å²) in [6, 6.07) is 2.78. The van der Waals surface area contributed by atoms with Gasteiger partial charge < -0.3 is 10.2 Å². The first-order valence-electron chi connectivity index (χ1n) is 8.30. The zero-order valence-electron chi connectivity index (χ0n) is 14.3. The molecule has 6 nitrogen and oxygen atoms in total. The first-order chi connectivity index (χ1) is 11.3. The molecule has 24 heavy (non-hydrogen) atoms. The third-order valence-electron chi connectivity index (χ3n) is 4.96. The number of hydrogen-bond acceptors (Lipinski definition) is 4. The third-order valence-corrected chi connectivity index (χ3v) is 5.95. The lowest BCUT2D eigenvalue weighted by molar-refractivity contribution is -0.142. The Morgan fingerprint density at radius 2 is 2.04 bits per heavy atom. The molecule has 1 unspecified atom stereocenters. The zero-order chi connectivity index (χ0) is 17.5. The minimum Gasteiger partial charge on any atom is -0.339 e. The van der Waals surface area contributed by atoms with Crippen LogP contribution in [0.25, 0.3) is 0 Å². The molecule has 1 aromatic rings. The first-order valence-corrected chi connectivity index (χ1v) is 9.12. The van der Waals surface area contributed by atoms with Crippen LogP contribution in [0.2, 0.25) is 0 Å². The number of carbonyl (C=O) groups excluding carboxylic acids is 3. The van der Waals surface area contributed by atoms with Gasteiger partial charge in [0.05, 0.1) is 6.54 Å². The van der Waals surface area contributed by atoms with Crippen molar-refractivity contribution in [1.29, 1.82) is 0 Å². The number of nitrogens with one attached hydrogen (secondary N) is 1. The van der Waals surface area contributed by atoms with Gasteiger partial charge in [-0.25, -0.2) is 9.69 Å². The Morgan fingerprint density at radius 1 is 1.38 bits per heavy atom. The molecule has 130 valence electrons. The van der Waals surface area contributed by atoms with Gasteiger partial charge in [0, 0.05) is 16.8 Å². The molecule has 0 aromatic carbocycles. The molecule has 1 atom stereocenters. The normalized spacial score (nSPS) is 20.5. The van der Waals surface area contributed by atoms with Gasteiger partial charge in [-0.1, -0.05) is 12.8 Å². The minimum absolute atomic E-state index is 0.223. The van der Waals surface area contributed by atoms with E-state index in [4.69, 9.17) is 0 Å². The SMILES string of the molecule is Cc1ccc(CN(C)C(=O)C(C)N2C(=O)NC3(CCCC3)C2=O)s1. The maximum atomic E-state index is 12.7. The van der Waals surface area contributed by atoms with Crippen LogP contribution in [0.3, 0.4) is 0 Å². The van der Waals surface area contributed by atoms with Crippen molar-refractivity contribution in [2.24, 2.45) is 0 Å². The molecule has 1 aromatic heterocycles. The number of carbonyl (C=O) groups is 3. The van der Waals surface area contributed by atoms with Crippen molar-refractivity contribution in [3.63, 3.8) is 0 Å². The van der Waals surface area contributed by atoms with Crippen LogP contribution in [-0.2, 0) is 16.1 Å². The third kappa shape index (κ3) is 2.81. The van der Waals surface area contributed by atoms with Crippen LogP contribution >= 0.6 is 11.3 Å². The predicted molar refractivity (Wildman–Crippen MR) is 91.6 cm³/mol. The van der Waals surface area contributed by atoms with Gasteiger partial charge in [-0.05, 0) is 38.8 Å². The Balaban J connectivity index is 1.70. The summed E-state index contributed by atoms with van der Waals surface area (Å²) in [5, 5.41) is 2.83. The molecule has 1 N–H and O–H groups in total. The Bertz CT molecular complexity index is 678. The molecule has 3 rings (SSSR count). The Kier molecular flexibility index (Phi) is 4.38. The summed E-state index contributed by atoms with van der Waals surface area (Å²) < 4.78 is 0. The van der Waals surface area contributed by atoms with E-state index in [2.05, 4.69) is 5.32 Å². The molecule has 7 heteroatoms. The van der Waals surface area contributed by atoms with E-state index in [1.54, 1.807) is 30.2 Å². The highest BCUT2D eigenvalue weighted by Crippen LogP contribution is 2.36. The number of nitrogens with zero attached hydrogens (tertiary/aromatic N) is 2. The predicted octanol–water partition coefficient (Wildman–Crippen LogP) is 2.27. The lowest BCUT2D eigenvalue weighted by Gasteiger charge is -2.27. The van der Waals surface area contributed by atoms with Crippen molar-refractivity contribution in [2.75, 3.05) is 7.05 Å². The molecular weight excluding hydrogens is 326 g/mol. The maximum Gasteiger partial charge on any atom is 0.325 e. The van der Waals surface area contributed by atoms with Crippen LogP contribution in [0.1, 0.15) is 42.4 Å². The van der Waals surface area contributed by atoms with E-state index >= 15 is 0 Å². The zero-order valence-corrected chi connectivity index (χ0v) is 15.1. The quantitative estimate of drug-likeness (QED) is 0.848. The van der Waals surface area contributed by atoms with E-state index in [0.29, 0.717) is 19.4 Å². The number of rotatable bonds is 4. The fourth-order valence-electron chi connectivity index (χ4n) is 3.62. The number of aryl methyl sites for hydroxylation is 1. The Morgan fingerprint density at radius 3 is 2.62 bits per heavy atom. The summed E-state index contributed by atoms with van der Waals surface area (Å²) >= 11 is 1.64. The summed E-state index contributed by atoms with van der Waals surface area (Å²) in [5.74, 6) is -0.467. The van der Waals surface area contributed by atoms with E-state index in [0.717, 1.165) is 22.6 Å². The van der Waals surface area contributed by atoms with E-state index in [1.165, 1.54) is 4.88 Å². The van der Waals surface area contributed by atoms with Crippen molar-refractivity contribution < 1.29 is 14.4 Å². The molecule has 2 aliphatic rings. The Labute approximate surface area is 145 Å². The van der Waals surface area contributed by atoms with Gasteiger partial charge in [0.2, 0.25) is 5.91 Å². The molecule has 2 fully saturated rings. The van der Waals surface area contributed by atoms with E-state index in [1.807, 2.05) is 19.1 Å². The second-order valence-corrected chi connectivity index (χ2v) is 8.15. The highest BCUT2D eigenvalue weighted by atomic mass is 32.1. The topological polar surface area (TPSA) is 69.7 Å². The van der Waals surface area contributed by atoms with Crippen LogP contribution in [0.5, 0.6) is 0 Å². The molecule has 0 bridgehead atoms. The highest BCUT2D eigenvalue weighted by molar-refractivity contribution is 7.11. The number of amides is 4. The van der Waals surface area contributed by atoms with Crippen LogP contribution in [-0.4, -0.2) is 46.3 Å². The fourth-order valence-corrected chi connectivity index (χ4v) is 4.57. The van der Waals surface area contributed by atoms with Gasteiger partial charge in [0.25, 0.3) is 5.91 Å². The number of likely N-dealkylation sites (N-methyl/N-ethyl adjacent to an activating group) is 1. The second-order valence-electron chi connectivity index (χ2n) is 6.78. The summed E-state index contributed by atoms with van der Waals surface area (Å²) in [7, 11) is 1.71. The summed E-state index contributed by atoms with van der Waals surface area (Å²) in [4.78, 5) is 42.7. The summed E-state index contributed by atoms with van der Waals surface area (Å²) in [6.45, 7) is 4.13. The lowest BCUT2D eigenvalue weighted by atomic mass is 9.97. The monoisotopic (exact) mass is 349 g/mol. The van der Waals surface area contributed by atoms with Gasteiger partial charge in [-0.3, -0.25) is 9.59 Å². The average molecular weight is 349 g/mol. The molecule has 0 radical (unpaired) electrons. The highest BCUT2D eigenvalue weighted by Gasteiger charge is 2.54. The fraction of sp³-hybridized carbons (Fsp3) is 0.588. The van der Waals surface area contributed by atoms with Crippen molar-refractivity contribution >= 4 is 29.2 Å². The average Bonchev–Trinajstić information content (AvgIpc) is 3.21. The van der Waals surface area contributed by atoms with Crippen molar-refractivity contribution in [1.82, 2.24) is 15.1 Å². The molecule has 1 aliphatic carbocycles. The molecule has 4 amide bonds. The van der Waals surface area contributed by atoms with Crippen LogP contribution in [0.4, 0.5) is 4.79 Å². The van der Waals surface area contributed by atoms with Crippen LogP contribution in [0.15, 0.2) is 12.1 Å². The lowest BCUT2D eigenvalue weighted by Crippen LogP contribution is -2.50. The van der Waals surface area contributed by atoms with Gasteiger partial charge in [0.1, 0.15) is 11.6 Å². The maximum absolute atomic E-state index is 12.7. The molecular formula is C17H23N3O3S. The number of imide groups is 1. The first kappa shape index (κ1) is 17.0. The Hall–Kier alpha value is -1.89. The van der Waals surface area contributed by atoms with Crippen LogP contribution < -0.4 is 5.32 Å². The summed E-state index contributed by atoms with van der Waals surface area (Å²) in [6.07, 6.45) is 3.19. The molecule has 1 saturated carbocycles. The van der Waals surface area contributed by atoms with Crippen molar-refractivity contribution in [3.05, 3.63) is 21.9 Å². The second kappa shape index (κ2) is 6.20. The number of thiophene rings is 1. The summed E-state index contributed by atoms with van der Waals surface area (Å²) in [5.41, 5.74) is -0.769. The number of urea groups is 1. The van der Waals surface area contributed by atoms with Gasteiger partial charge in [-0.2, -0.15) is 0 Å². The standard InChI is InChI=1S/C17H23N3O3S/c1-11-6-7-13(24-11)10-19(3)14(21)12(2)20-15(22)17(18-16(20)23)8-4-5-9-17/h6-7,12H,4-5,8-10H2,1-3H3,(H,18,23).